The van der Waals surface area contributed by atoms with E-state index in [-0.39, 0.29) is 35.7 Å². The molecule has 28 heteroatoms. The van der Waals surface area contributed by atoms with E-state index < -0.39 is 84.6 Å². The molecule has 51 heavy (non-hydrogen) atoms. The van der Waals surface area contributed by atoms with Crippen LogP contribution in [-0.4, -0.2) is 130 Å². The predicted molar refractivity (Wildman–Crippen MR) is 173 cm³/mol. The van der Waals surface area contributed by atoms with Gasteiger partial charge in [0.05, 0.1) is 19.5 Å². The molecule has 10 N–H and O–H groups in total. The maximum atomic E-state index is 12.6. The summed E-state index contributed by atoms with van der Waals surface area (Å²) in [5.41, 5.74) is 4.27. The SMILES string of the molecule is CC(C)(COP(=O)(O)OP(=O)(O)OCC1OC(n2cnc3c(N)ncnc32)C(O)C1OP(=O)(O)O)C(O)C(=O)NCCC(=O)NCCSCC=O. The summed E-state index contributed by atoms with van der Waals surface area (Å²) in [6.45, 7) is 0.626. The molecule has 2 aromatic heterocycles. The summed E-state index contributed by atoms with van der Waals surface area (Å²) in [4.78, 5) is 85.3. The van der Waals surface area contributed by atoms with Crippen LogP contribution in [0.25, 0.3) is 11.2 Å². The molecule has 7 unspecified atom stereocenters. The van der Waals surface area contributed by atoms with Gasteiger partial charge in [0, 0.05) is 36.4 Å². The van der Waals surface area contributed by atoms with Crippen molar-refractivity contribution in [2.75, 3.05) is 43.5 Å². The van der Waals surface area contributed by atoms with Gasteiger partial charge in [-0.25, -0.2) is 28.6 Å². The highest BCUT2D eigenvalue weighted by molar-refractivity contribution is 7.99. The minimum atomic E-state index is -5.55. The fraction of sp³-hybridized carbons (Fsp3) is 0.652. The zero-order chi connectivity index (χ0) is 38.2. The molecule has 0 radical (unpaired) electrons. The molecule has 1 saturated heterocycles. The van der Waals surface area contributed by atoms with Crippen LogP contribution in [0, 0.1) is 5.41 Å². The number of nitrogens with two attached hydrogens (primary N) is 1. The molecular formula is C23H38N7O17P3S. The van der Waals surface area contributed by atoms with Crippen molar-refractivity contribution in [3.63, 3.8) is 0 Å². The highest BCUT2D eigenvalue weighted by Crippen LogP contribution is 2.61. The molecule has 0 aliphatic carbocycles. The Labute approximate surface area is 293 Å². The number of amides is 2. The second kappa shape index (κ2) is 18.1. The molecular weight excluding hydrogens is 771 g/mol. The van der Waals surface area contributed by atoms with E-state index in [0.717, 1.165) is 23.5 Å². The monoisotopic (exact) mass is 809 g/mol. The van der Waals surface area contributed by atoms with Gasteiger partial charge in [-0.3, -0.25) is 27.7 Å². The van der Waals surface area contributed by atoms with Crippen molar-refractivity contribution in [3.8, 4) is 0 Å². The largest absolute Gasteiger partial charge is 0.481 e. The van der Waals surface area contributed by atoms with Crippen molar-refractivity contribution in [3.05, 3.63) is 12.7 Å². The first-order valence-electron chi connectivity index (χ1n) is 14.6. The third kappa shape index (κ3) is 12.9. The van der Waals surface area contributed by atoms with E-state index in [1.54, 1.807) is 0 Å². The van der Waals surface area contributed by atoms with Crippen molar-refractivity contribution < 1.29 is 80.5 Å². The molecule has 1 fully saturated rings. The minimum Gasteiger partial charge on any atom is -0.386 e. The van der Waals surface area contributed by atoms with E-state index in [1.807, 2.05) is 0 Å². The summed E-state index contributed by atoms with van der Waals surface area (Å²) in [7, 11) is -16.3. The smallest absolute Gasteiger partial charge is 0.386 e. The number of nitrogens with zero attached hydrogens (tertiary/aromatic N) is 4. The van der Waals surface area contributed by atoms with Crippen LogP contribution >= 0.6 is 35.2 Å². The molecule has 7 atom stereocenters. The van der Waals surface area contributed by atoms with E-state index >= 15 is 0 Å². The van der Waals surface area contributed by atoms with Gasteiger partial charge < -0.3 is 55.7 Å². The van der Waals surface area contributed by atoms with Crippen LogP contribution in [0.15, 0.2) is 12.7 Å². The minimum absolute atomic E-state index is 0.0319. The Bertz CT molecular complexity index is 1680. The first-order valence-corrected chi connectivity index (χ1v) is 20.2. The van der Waals surface area contributed by atoms with E-state index in [4.69, 9.17) is 19.5 Å². The summed E-state index contributed by atoms with van der Waals surface area (Å²) in [5.74, 6) is -0.615. The van der Waals surface area contributed by atoms with Crippen molar-refractivity contribution in [2.45, 2.75) is 50.9 Å². The van der Waals surface area contributed by atoms with Gasteiger partial charge in [-0.05, 0) is 0 Å². The van der Waals surface area contributed by atoms with Crippen LogP contribution in [0.4, 0.5) is 5.82 Å². The van der Waals surface area contributed by atoms with Gasteiger partial charge in [0.15, 0.2) is 17.7 Å². The van der Waals surface area contributed by atoms with Crippen LogP contribution in [-0.2, 0) is 50.7 Å². The number of anilines is 1. The lowest BCUT2D eigenvalue weighted by Crippen LogP contribution is -2.46. The lowest BCUT2D eigenvalue weighted by Gasteiger charge is -2.30. The summed E-state index contributed by atoms with van der Waals surface area (Å²) < 4.78 is 61.8. The third-order valence-corrected chi connectivity index (χ3v) is 10.8. The highest BCUT2D eigenvalue weighted by Gasteiger charge is 2.50. The van der Waals surface area contributed by atoms with Crippen LogP contribution in [0.1, 0.15) is 26.5 Å². The quantitative estimate of drug-likeness (QED) is 0.0387. The first-order chi connectivity index (χ1) is 23.7. The van der Waals surface area contributed by atoms with Gasteiger partial charge >= 0.3 is 23.5 Å². The summed E-state index contributed by atoms with van der Waals surface area (Å²) in [5, 5.41) is 26.2. The van der Waals surface area contributed by atoms with E-state index in [2.05, 4.69) is 34.4 Å². The standard InChI is InChI=1S/C23H38N7O17P3S/c1-23(2,18(34)21(35)26-4-3-14(32)25-5-7-51-8-6-31)10-44-50(41,42)47-49(39,40)43-9-13-17(46-48(36,37)38)16(33)22(45-13)30-12-29-15-19(24)27-11-28-20(15)30/h6,11-13,16-18,22,33-34H,3-5,7-10H2,1-2H3,(H,25,32)(H,26,35)(H,39,40)(H,41,42)(H2,24,27,28)(H2,36,37,38). The van der Waals surface area contributed by atoms with Crippen molar-refractivity contribution >= 4 is 70.3 Å². The number of nitrogens with one attached hydrogen (secondary N) is 2. The van der Waals surface area contributed by atoms with Crippen molar-refractivity contribution in [2.24, 2.45) is 5.41 Å². The maximum Gasteiger partial charge on any atom is 0.481 e. The van der Waals surface area contributed by atoms with E-state index in [0.29, 0.717) is 12.3 Å². The molecule has 0 bridgehead atoms. The Morgan fingerprint density at radius 2 is 1.80 bits per heavy atom. The molecule has 2 aromatic rings. The fourth-order valence-electron chi connectivity index (χ4n) is 4.33. The van der Waals surface area contributed by atoms with Crippen molar-refractivity contribution in [1.82, 2.24) is 30.2 Å². The van der Waals surface area contributed by atoms with Gasteiger partial charge in [0.2, 0.25) is 11.8 Å². The molecule has 0 saturated carbocycles. The second-order valence-corrected chi connectivity index (χ2v) is 16.7. The second-order valence-electron chi connectivity index (χ2n) is 11.3. The number of imidazole rings is 1. The molecule has 0 spiro atoms. The number of hydrogen-bond donors (Lipinski definition) is 9. The molecule has 1 aliphatic heterocycles. The highest BCUT2D eigenvalue weighted by atomic mass is 32.2. The number of carbonyl (C=O) groups is 3. The molecule has 0 aromatic carbocycles. The molecule has 1 aliphatic rings. The number of aliphatic hydroxyl groups is 2. The molecule has 3 rings (SSSR count). The average molecular weight is 810 g/mol. The lowest BCUT2D eigenvalue weighted by atomic mass is 9.87. The van der Waals surface area contributed by atoms with Crippen LogP contribution < -0.4 is 16.4 Å². The number of rotatable bonds is 21. The number of phosphoric acid groups is 3. The van der Waals surface area contributed by atoms with Gasteiger partial charge in [-0.2, -0.15) is 16.1 Å². The number of aldehydes is 1. The number of aromatic nitrogens is 4. The van der Waals surface area contributed by atoms with Crippen LogP contribution in [0.3, 0.4) is 0 Å². The Balaban J connectivity index is 1.55. The number of carbonyl (C=O) groups excluding carboxylic acids is 3. The van der Waals surface area contributed by atoms with E-state index in [1.165, 1.54) is 25.6 Å². The molecule has 2 amide bonds. The summed E-state index contributed by atoms with van der Waals surface area (Å²) in [6.07, 6.45) is -6.11. The summed E-state index contributed by atoms with van der Waals surface area (Å²) in [6, 6.07) is 0. The zero-order valence-corrected chi connectivity index (χ0v) is 30.4. The van der Waals surface area contributed by atoms with E-state index in [9.17, 15) is 57.9 Å². The van der Waals surface area contributed by atoms with Crippen molar-refractivity contribution in [1.29, 1.82) is 0 Å². The number of thioether (sulfide) groups is 1. The number of fused-ring (bicyclic) bond motifs is 1. The topological polar surface area (TPSA) is 364 Å². The molecule has 288 valence electrons. The Morgan fingerprint density at radius 1 is 1.12 bits per heavy atom. The number of hydrogen-bond acceptors (Lipinski definition) is 18. The predicted octanol–water partition coefficient (Wildman–Crippen LogP) is -1.66. The number of nitrogen functional groups attached to an aromatic ring is 1. The van der Waals surface area contributed by atoms with Crippen LogP contribution in [0.2, 0.25) is 0 Å². The number of ether oxygens (including phenoxy) is 1. The van der Waals surface area contributed by atoms with Gasteiger partial charge in [0.1, 0.15) is 42.5 Å². The average Bonchev–Trinajstić information content (AvgIpc) is 3.58. The van der Waals surface area contributed by atoms with Gasteiger partial charge in [-0.15, -0.1) is 0 Å². The molecule has 24 nitrogen and oxygen atoms in total. The van der Waals surface area contributed by atoms with Gasteiger partial charge in [0.25, 0.3) is 0 Å². The Morgan fingerprint density at radius 3 is 2.47 bits per heavy atom. The van der Waals surface area contributed by atoms with Gasteiger partial charge in [-0.1, -0.05) is 13.8 Å². The fourth-order valence-corrected chi connectivity index (χ4v) is 7.67. The lowest BCUT2D eigenvalue weighted by molar-refractivity contribution is -0.137. The Hall–Kier alpha value is -2.44. The first kappa shape index (κ1) is 43.0. The normalized spacial score (nSPS) is 22.6. The Kier molecular flexibility index (Phi) is 15.2. The third-order valence-electron chi connectivity index (χ3n) is 6.83. The molecule has 3 heterocycles. The summed E-state index contributed by atoms with van der Waals surface area (Å²) >= 11 is 1.32. The maximum absolute atomic E-state index is 12.6. The van der Waals surface area contributed by atoms with Crippen LogP contribution in [0.5, 0.6) is 0 Å². The number of aliphatic hydroxyl groups excluding tert-OH is 2. The number of phosphoric ester groups is 3. The zero-order valence-electron chi connectivity index (χ0n) is 26.9.